The van der Waals surface area contributed by atoms with E-state index in [-0.39, 0.29) is 20.3 Å². The molecule has 1 aromatic heterocycles. The fourth-order valence-corrected chi connectivity index (χ4v) is 15.0. The van der Waals surface area contributed by atoms with E-state index in [0.717, 1.165) is 36.2 Å². The highest BCUT2D eigenvalue weighted by Crippen LogP contribution is 2.75. The van der Waals surface area contributed by atoms with Crippen molar-refractivity contribution in [2.45, 2.75) is 114 Å². The van der Waals surface area contributed by atoms with Crippen LogP contribution in [0.15, 0.2) is 78.9 Å². The summed E-state index contributed by atoms with van der Waals surface area (Å²) in [6.07, 6.45) is 10.4. The second kappa shape index (κ2) is 10.9. The van der Waals surface area contributed by atoms with Gasteiger partial charge in [-0.2, -0.15) is 0 Å². The summed E-state index contributed by atoms with van der Waals surface area (Å²) >= 11 is 4.51. The van der Waals surface area contributed by atoms with Gasteiger partial charge in [0.2, 0.25) is 0 Å². The second-order valence-corrected chi connectivity index (χ2v) is 19.2. The van der Waals surface area contributed by atoms with Crippen LogP contribution in [0, 0.1) is 33.5 Å². The van der Waals surface area contributed by atoms with Crippen LogP contribution in [0.2, 0.25) is 0 Å². The van der Waals surface area contributed by atoms with Gasteiger partial charge >= 0.3 is 0 Å². The van der Waals surface area contributed by atoms with Crippen LogP contribution in [0.5, 0.6) is 0 Å². The number of benzene rings is 2. The van der Waals surface area contributed by atoms with Crippen LogP contribution in [0.4, 0.5) is 0 Å². The molecule has 234 valence electrons. The van der Waals surface area contributed by atoms with Crippen molar-refractivity contribution < 1.29 is 0 Å². The Kier molecular flexibility index (Phi) is 7.68. The number of thioether (sulfide) groups is 2. The third-order valence-corrected chi connectivity index (χ3v) is 18.2. The number of aromatic nitrogens is 1. The van der Waals surface area contributed by atoms with Gasteiger partial charge in [-0.25, -0.2) is 0 Å². The Morgan fingerprint density at radius 3 is 1.34 bits per heavy atom. The van der Waals surface area contributed by atoms with Crippen LogP contribution in [0.25, 0.3) is 0 Å². The zero-order valence-corrected chi connectivity index (χ0v) is 29.6. The van der Waals surface area contributed by atoms with Gasteiger partial charge in [0, 0.05) is 45.2 Å². The molecule has 3 heteroatoms. The van der Waals surface area contributed by atoms with Crippen molar-refractivity contribution in [3.63, 3.8) is 0 Å². The highest BCUT2D eigenvalue weighted by Gasteiger charge is 2.70. The van der Waals surface area contributed by atoms with Crippen molar-refractivity contribution in [3.05, 3.63) is 101 Å². The summed E-state index contributed by atoms with van der Waals surface area (Å²) in [4.78, 5) is 5.63. The number of hydrogen-bond acceptors (Lipinski definition) is 3. The summed E-state index contributed by atoms with van der Waals surface area (Å²) in [5.74, 6) is 3.79. The van der Waals surface area contributed by atoms with Crippen molar-refractivity contribution in [3.8, 4) is 0 Å². The Labute approximate surface area is 276 Å². The highest BCUT2D eigenvalue weighted by atomic mass is 32.2. The quantitative estimate of drug-likeness (QED) is 0.223. The third kappa shape index (κ3) is 4.60. The summed E-state index contributed by atoms with van der Waals surface area (Å²) in [7, 11) is 0. The average Bonchev–Trinajstić information content (AvgIpc) is 3.70. The molecule has 0 aliphatic heterocycles. The number of pyridine rings is 1. The van der Waals surface area contributed by atoms with E-state index in [9.17, 15) is 0 Å². The van der Waals surface area contributed by atoms with E-state index in [1.807, 2.05) is 0 Å². The van der Waals surface area contributed by atoms with Crippen molar-refractivity contribution in [1.29, 1.82) is 0 Å². The van der Waals surface area contributed by atoms with Gasteiger partial charge in [-0.1, -0.05) is 108 Å². The summed E-state index contributed by atoms with van der Waals surface area (Å²) in [5, 5.41) is 0. The Balaban J connectivity index is 1.22. The van der Waals surface area contributed by atoms with Gasteiger partial charge in [-0.05, 0) is 95.3 Å². The minimum absolute atomic E-state index is 0.182. The van der Waals surface area contributed by atoms with Gasteiger partial charge in [-0.15, -0.1) is 23.5 Å². The molecule has 0 N–H and O–H groups in total. The number of fused-ring (bicyclic) bond motifs is 4. The predicted octanol–water partition coefficient (Wildman–Crippen LogP) is 11.2. The predicted molar refractivity (Wildman–Crippen MR) is 191 cm³/mol. The van der Waals surface area contributed by atoms with Crippen LogP contribution < -0.4 is 0 Å². The van der Waals surface area contributed by atoms with Crippen LogP contribution in [0.3, 0.4) is 0 Å². The lowest BCUT2D eigenvalue weighted by atomic mass is 9.61. The molecule has 4 bridgehead atoms. The van der Waals surface area contributed by atoms with E-state index in [4.69, 9.17) is 4.98 Å². The molecule has 0 spiro atoms. The van der Waals surface area contributed by atoms with E-state index in [0.29, 0.717) is 10.8 Å². The first-order valence-corrected chi connectivity index (χ1v) is 19.2. The van der Waals surface area contributed by atoms with Crippen molar-refractivity contribution in [2.75, 3.05) is 0 Å². The molecule has 44 heavy (non-hydrogen) atoms. The zero-order chi connectivity index (χ0) is 30.8. The minimum Gasteiger partial charge on any atom is -0.258 e. The van der Waals surface area contributed by atoms with Crippen LogP contribution in [-0.2, 0) is 24.3 Å². The van der Waals surface area contributed by atoms with Crippen LogP contribution in [0.1, 0.15) is 103 Å². The fourth-order valence-electron chi connectivity index (χ4n) is 11.2. The number of rotatable bonds is 10. The van der Waals surface area contributed by atoms with Gasteiger partial charge < -0.3 is 0 Å². The molecular weight excluding hydrogens is 571 g/mol. The first-order chi connectivity index (χ1) is 20.9. The topological polar surface area (TPSA) is 12.9 Å². The first kappa shape index (κ1) is 30.9. The van der Waals surface area contributed by atoms with Crippen molar-refractivity contribution >= 4 is 23.5 Å². The standard InChI is InChI=1S/C41H53NS2/c1-36(2)32-20-22-38(5,24-32)40(36,43-28-30-14-9-7-10-15-30)26-34-18-13-19-35(42-34)27-41(44-29-31-16-11-8-12-17-31)37(3,4)33-21-23-39(41,6)25-33/h7-19,32-33H,20-29H2,1-6H3/t32-,33-,38+,39+,40-,41-/m0/s1. The van der Waals surface area contributed by atoms with Gasteiger partial charge in [0.25, 0.3) is 0 Å². The maximum atomic E-state index is 5.63. The van der Waals surface area contributed by atoms with E-state index >= 15 is 0 Å². The summed E-state index contributed by atoms with van der Waals surface area (Å²) < 4.78 is 0.365. The molecule has 0 radical (unpaired) electrons. The summed E-state index contributed by atoms with van der Waals surface area (Å²) in [5.41, 5.74) is 6.80. The van der Waals surface area contributed by atoms with E-state index < -0.39 is 0 Å². The largest absolute Gasteiger partial charge is 0.258 e. The van der Waals surface area contributed by atoms with E-state index in [1.165, 1.54) is 61.0 Å². The van der Waals surface area contributed by atoms with E-state index in [2.05, 4.69) is 144 Å². The minimum atomic E-state index is 0.182. The zero-order valence-electron chi connectivity index (χ0n) is 28.0. The molecule has 4 aliphatic rings. The molecule has 1 nitrogen and oxygen atoms in total. The Bertz CT molecular complexity index is 1360. The molecule has 0 saturated heterocycles. The molecule has 2 aromatic carbocycles. The van der Waals surface area contributed by atoms with E-state index in [1.54, 1.807) is 0 Å². The monoisotopic (exact) mass is 623 g/mol. The molecule has 0 unspecified atom stereocenters. The Morgan fingerprint density at radius 1 is 0.568 bits per heavy atom. The lowest BCUT2D eigenvalue weighted by Gasteiger charge is -2.55. The maximum Gasteiger partial charge on any atom is 0.0421 e. The lowest BCUT2D eigenvalue weighted by molar-refractivity contribution is 0.105. The van der Waals surface area contributed by atoms with Crippen molar-refractivity contribution in [1.82, 2.24) is 4.98 Å². The second-order valence-electron chi connectivity index (χ2n) is 16.6. The molecule has 3 aromatic rings. The number of nitrogens with zero attached hydrogens (tertiary/aromatic N) is 1. The summed E-state index contributed by atoms with van der Waals surface area (Å²) in [6, 6.07) is 29.4. The van der Waals surface area contributed by atoms with Gasteiger partial charge in [0.15, 0.2) is 0 Å². The van der Waals surface area contributed by atoms with Gasteiger partial charge in [0.1, 0.15) is 0 Å². The van der Waals surface area contributed by atoms with Crippen molar-refractivity contribution in [2.24, 2.45) is 33.5 Å². The first-order valence-electron chi connectivity index (χ1n) is 17.2. The fraction of sp³-hybridized carbons (Fsp3) is 0.585. The SMILES string of the molecule is CC1(C)[C@H]2CC[C@](C)(C2)[C@@]1(Cc1cccc(C[C@]2(SCc3ccccc3)C(C)(C)[C@H]3CC[C@]2(C)C3)n1)SCc1ccccc1. The Morgan fingerprint density at radius 2 is 0.977 bits per heavy atom. The van der Waals surface area contributed by atoms with Gasteiger partial charge in [0.05, 0.1) is 0 Å². The molecule has 0 amide bonds. The maximum absolute atomic E-state index is 5.63. The molecule has 4 saturated carbocycles. The molecule has 6 atom stereocenters. The lowest BCUT2D eigenvalue weighted by Crippen LogP contribution is -2.53. The van der Waals surface area contributed by atoms with Gasteiger partial charge in [-0.3, -0.25) is 4.98 Å². The number of hydrogen-bond donors (Lipinski definition) is 0. The molecule has 4 fully saturated rings. The average molecular weight is 624 g/mol. The van der Waals surface area contributed by atoms with Crippen LogP contribution in [-0.4, -0.2) is 14.5 Å². The molecule has 1 heterocycles. The Hall–Kier alpha value is -1.71. The summed E-state index contributed by atoms with van der Waals surface area (Å²) in [6.45, 7) is 15.6. The smallest absolute Gasteiger partial charge is 0.0421 e. The third-order valence-electron chi connectivity index (χ3n) is 13.9. The highest BCUT2D eigenvalue weighted by molar-refractivity contribution is 8.00. The normalized spacial score (nSPS) is 36.2. The molecular formula is C41H53NS2. The molecule has 4 aliphatic carbocycles. The molecule has 7 rings (SSSR count). The van der Waals surface area contributed by atoms with Crippen LogP contribution >= 0.6 is 23.5 Å².